The van der Waals surface area contributed by atoms with E-state index < -0.39 is 29.5 Å². The quantitative estimate of drug-likeness (QED) is 0.0426. The lowest BCUT2D eigenvalue weighted by atomic mass is 9.85. The van der Waals surface area contributed by atoms with Crippen LogP contribution >= 0.6 is 11.3 Å². The molecule has 0 unspecified atom stereocenters. The summed E-state index contributed by atoms with van der Waals surface area (Å²) in [6.45, 7) is 15.7. The summed E-state index contributed by atoms with van der Waals surface area (Å²) in [7, 11) is 1.51. The Morgan fingerprint density at radius 1 is 0.905 bits per heavy atom. The number of aryl methyl sites for hydroxylation is 2. The number of nitrogens with zero attached hydrogens (tertiary/aromatic N) is 4. The van der Waals surface area contributed by atoms with E-state index in [1.807, 2.05) is 82.6 Å². The van der Waals surface area contributed by atoms with Crippen molar-refractivity contribution in [2.24, 2.45) is 11.3 Å². The van der Waals surface area contributed by atoms with Crippen molar-refractivity contribution in [3.63, 3.8) is 0 Å². The zero-order valence-electron chi connectivity index (χ0n) is 44.1. The van der Waals surface area contributed by atoms with Crippen molar-refractivity contribution in [3.05, 3.63) is 104 Å². The van der Waals surface area contributed by atoms with E-state index in [1.165, 1.54) is 12.0 Å². The SMILES string of the molecule is COc1cc(C)[nH]c(=O)c1CNC(=O)c1c(C)n(CC2CCN(CCCCCC(=O)NCCCC(=O)N[C@H](C(=O)N3C[C@H](O)C[C@H]3C(=O)NCc3ccc(-c4scnc4C)cc3)C(C)(C)C)CC2)c2ccccc12. The van der Waals surface area contributed by atoms with Crippen LogP contribution in [-0.2, 0) is 38.8 Å². The minimum Gasteiger partial charge on any atom is -0.496 e. The van der Waals surface area contributed by atoms with Crippen molar-refractivity contribution >= 4 is 51.8 Å². The second-order valence-corrected chi connectivity index (χ2v) is 21.9. The predicted octanol–water partition coefficient (Wildman–Crippen LogP) is 6.29. The van der Waals surface area contributed by atoms with Gasteiger partial charge in [0.2, 0.25) is 23.6 Å². The number of hydrogen-bond donors (Lipinski definition) is 6. The molecule has 3 atom stereocenters. The molecule has 5 heterocycles. The zero-order valence-corrected chi connectivity index (χ0v) is 44.9. The van der Waals surface area contributed by atoms with Crippen molar-refractivity contribution in [1.82, 2.24) is 45.6 Å². The number of aliphatic hydroxyl groups excluding tert-OH is 1. The Morgan fingerprint density at radius 2 is 1.64 bits per heavy atom. The average molecular weight is 1030 g/mol. The predicted molar refractivity (Wildman–Crippen MR) is 288 cm³/mol. The minimum atomic E-state index is -0.929. The number of likely N-dealkylation sites (tertiary alicyclic amines) is 2. The Morgan fingerprint density at radius 3 is 2.34 bits per heavy atom. The molecule has 7 rings (SSSR count). The topological polar surface area (TPSA) is 220 Å². The number of β-amino-alcohol motifs (C(OH)–C–C–N with tert-alkyl or cyclic N) is 1. The van der Waals surface area contributed by atoms with Crippen LogP contribution in [0.3, 0.4) is 0 Å². The van der Waals surface area contributed by atoms with E-state index in [0.29, 0.717) is 47.9 Å². The number of pyridine rings is 1. The van der Waals surface area contributed by atoms with Gasteiger partial charge in [-0.15, -0.1) is 11.3 Å². The number of aromatic nitrogens is 3. The third-order valence-electron chi connectivity index (χ3n) is 14.5. The van der Waals surface area contributed by atoms with E-state index in [0.717, 1.165) is 96.6 Å². The highest BCUT2D eigenvalue weighted by atomic mass is 32.1. The second kappa shape index (κ2) is 25.2. The summed E-state index contributed by atoms with van der Waals surface area (Å²) in [6.07, 6.45) is 4.95. The van der Waals surface area contributed by atoms with Crippen molar-refractivity contribution in [2.75, 3.05) is 39.8 Å². The highest BCUT2D eigenvalue weighted by Gasteiger charge is 2.44. The molecule has 5 amide bonds. The zero-order chi connectivity index (χ0) is 53.1. The number of fused-ring (bicyclic) bond motifs is 1. The van der Waals surface area contributed by atoms with Crippen molar-refractivity contribution in [2.45, 2.75) is 137 Å². The van der Waals surface area contributed by atoms with E-state index in [4.69, 9.17) is 4.74 Å². The van der Waals surface area contributed by atoms with Crippen LogP contribution in [0, 0.1) is 32.1 Å². The molecule has 2 saturated heterocycles. The highest BCUT2D eigenvalue weighted by Crippen LogP contribution is 2.31. The van der Waals surface area contributed by atoms with Gasteiger partial charge in [0.05, 0.1) is 47.0 Å². The molecular formula is C56H75N9O8S. The largest absolute Gasteiger partial charge is 0.496 e. The molecule has 2 fully saturated rings. The monoisotopic (exact) mass is 1030 g/mol. The fourth-order valence-corrected chi connectivity index (χ4v) is 11.1. The number of nitrogens with one attached hydrogen (secondary N) is 5. The number of carbonyl (C=O) groups excluding carboxylic acids is 5. The van der Waals surface area contributed by atoms with Gasteiger partial charge in [-0.3, -0.25) is 28.8 Å². The highest BCUT2D eigenvalue weighted by molar-refractivity contribution is 7.13. The van der Waals surface area contributed by atoms with Crippen molar-refractivity contribution in [3.8, 4) is 16.2 Å². The third-order valence-corrected chi connectivity index (χ3v) is 15.5. The first-order valence-corrected chi connectivity index (χ1v) is 27.0. The molecule has 3 aromatic heterocycles. The number of methoxy groups -OCH3 is 1. The van der Waals surface area contributed by atoms with Gasteiger partial charge in [0, 0.05) is 67.7 Å². The average Bonchev–Trinajstić information content (AvgIpc) is 4.07. The van der Waals surface area contributed by atoms with Crippen LogP contribution in [0.2, 0.25) is 0 Å². The van der Waals surface area contributed by atoms with Gasteiger partial charge in [0.15, 0.2) is 0 Å². The van der Waals surface area contributed by atoms with Crippen LogP contribution in [0.1, 0.15) is 117 Å². The molecule has 0 saturated carbocycles. The van der Waals surface area contributed by atoms with Gasteiger partial charge in [-0.05, 0) is 107 Å². The normalized spacial score (nSPS) is 16.8. The number of thiazole rings is 1. The van der Waals surface area contributed by atoms with Gasteiger partial charge < -0.3 is 50.5 Å². The molecule has 2 aliphatic rings. The number of piperidine rings is 1. The molecule has 6 N–H and O–H groups in total. The molecule has 398 valence electrons. The Kier molecular flexibility index (Phi) is 18.9. The van der Waals surface area contributed by atoms with Crippen LogP contribution < -0.4 is 31.6 Å². The number of carbonyl (C=O) groups is 5. The molecule has 5 aromatic rings. The molecule has 2 aliphatic heterocycles. The maximum absolute atomic E-state index is 14.0. The van der Waals surface area contributed by atoms with Gasteiger partial charge >= 0.3 is 0 Å². The van der Waals surface area contributed by atoms with Gasteiger partial charge in [-0.25, -0.2) is 4.98 Å². The molecule has 2 aromatic carbocycles. The summed E-state index contributed by atoms with van der Waals surface area (Å²) in [4.78, 5) is 91.9. The molecular weight excluding hydrogens is 959 g/mol. The molecule has 74 heavy (non-hydrogen) atoms. The first-order chi connectivity index (χ1) is 35.4. The van der Waals surface area contributed by atoms with E-state index in [9.17, 15) is 33.9 Å². The van der Waals surface area contributed by atoms with E-state index in [1.54, 1.807) is 24.3 Å². The summed E-state index contributed by atoms with van der Waals surface area (Å²) in [5.41, 5.74) is 7.36. The maximum atomic E-state index is 14.0. The van der Waals surface area contributed by atoms with Crippen LogP contribution in [0.15, 0.2) is 64.9 Å². The van der Waals surface area contributed by atoms with Crippen molar-refractivity contribution in [1.29, 1.82) is 0 Å². The summed E-state index contributed by atoms with van der Waals surface area (Å²) in [6, 6.07) is 15.8. The molecule has 18 heteroatoms. The van der Waals surface area contributed by atoms with Crippen LogP contribution in [0.25, 0.3) is 21.3 Å². The fourth-order valence-electron chi connectivity index (χ4n) is 10.3. The van der Waals surface area contributed by atoms with Gasteiger partial charge in [0.1, 0.15) is 17.8 Å². The maximum Gasteiger partial charge on any atom is 0.256 e. The number of amides is 5. The lowest BCUT2D eigenvalue weighted by Gasteiger charge is -2.35. The summed E-state index contributed by atoms with van der Waals surface area (Å²) >= 11 is 1.57. The van der Waals surface area contributed by atoms with E-state index >= 15 is 0 Å². The third kappa shape index (κ3) is 14.1. The summed E-state index contributed by atoms with van der Waals surface area (Å²) in [5, 5.41) is 23.2. The van der Waals surface area contributed by atoms with E-state index in [2.05, 4.69) is 46.8 Å². The number of rotatable bonds is 22. The number of para-hydroxylation sites is 1. The molecule has 17 nitrogen and oxygen atoms in total. The standard InChI is InChI=1S/C56H75N9O8S/c1-35-28-46(73-7)43(52(69)61-35)31-59-54(71)49-37(3)64(44-15-11-10-14-42(44)49)32-39-22-26-63(27-23-39)25-12-8-9-16-47(67)57-24-13-17-48(68)62-51(56(4,5)6)55(72)65-33-41(66)29-45(65)53(70)58-30-38-18-20-40(21-19-38)50-36(2)60-34-74-50/h10-11,14-15,18-21,28,34,39,41,45,51,66H,8-9,12-13,16-17,22-27,29-33H2,1-7H3,(H,57,67)(H,58,70)(H,59,71)(H,61,69)(H,62,68)/t41-,45+,51-/m1/s1. The van der Waals surface area contributed by atoms with Crippen LogP contribution in [0.4, 0.5) is 0 Å². The van der Waals surface area contributed by atoms with Gasteiger partial charge in [0.25, 0.3) is 11.5 Å². The molecule has 0 spiro atoms. The fraction of sp³-hybridized carbons (Fsp3) is 0.518. The van der Waals surface area contributed by atoms with Crippen molar-refractivity contribution < 1.29 is 33.8 Å². The van der Waals surface area contributed by atoms with E-state index in [-0.39, 0.29) is 61.7 Å². The van der Waals surface area contributed by atoms with Crippen LogP contribution in [-0.4, -0.2) is 117 Å². The Labute approximate surface area is 438 Å². The smallest absolute Gasteiger partial charge is 0.256 e. The number of ether oxygens (including phenoxy) is 1. The molecule has 0 bridgehead atoms. The number of unbranched alkanes of at least 4 members (excludes halogenated alkanes) is 2. The second-order valence-electron chi connectivity index (χ2n) is 21.1. The Bertz CT molecular complexity index is 2820. The number of aliphatic hydroxyl groups is 1. The Balaban J connectivity index is 0.777. The number of hydrogen-bond acceptors (Lipinski definition) is 11. The number of benzene rings is 2. The lowest BCUT2D eigenvalue weighted by molar-refractivity contribution is -0.144. The van der Waals surface area contributed by atoms with Crippen LogP contribution in [0.5, 0.6) is 5.75 Å². The minimum absolute atomic E-state index is 0.00718. The van der Waals surface area contributed by atoms with Gasteiger partial charge in [-0.2, -0.15) is 0 Å². The summed E-state index contributed by atoms with van der Waals surface area (Å²) < 4.78 is 7.70. The number of H-pyrrole nitrogens is 1. The number of aromatic amines is 1. The molecule has 0 aliphatic carbocycles. The first kappa shape index (κ1) is 55.4. The first-order valence-electron chi connectivity index (χ1n) is 26.1. The lowest BCUT2D eigenvalue weighted by Crippen LogP contribution is -2.57. The Hall–Kier alpha value is -6.37. The summed E-state index contributed by atoms with van der Waals surface area (Å²) in [5.74, 6) is -0.488. The van der Waals surface area contributed by atoms with Gasteiger partial charge in [-0.1, -0.05) is 69.7 Å². The molecule has 0 radical (unpaired) electrons.